The summed E-state index contributed by atoms with van der Waals surface area (Å²) < 4.78 is 18.5. The van der Waals surface area contributed by atoms with Gasteiger partial charge in [-0.2, -0.15) is 0 Å². The van der Waals surface area contributed by atoms with Crippen molar-refractivity contribution in [3.63, 3.8) is 0 Å². The van der Waals surface area contributed by atoms with Gasteiger partial charge >= 0.3 is 0 Å². The van der Waals surface area contributed by atoms with Gasteiger partial charge in [-0.05, 0) is 52.0 Å². The molecule has 0 atom stereocenters. The Labute approximate surface area is 119 Å². The van der Waals surface area contributed by atoms with Gasteiger partial charge < -0.3 is 14.7 Å². The highest BCUT2D eigenvalue weighted by molar-refractivity contribution is 5.85. The maximum Gasteiger partial charge on any atom is 0.266 e. The highest BCUT2D eigenvalue weighted by Gasteiger charge is 2.38. The number of likely N-dealkylation sites (N-methyl/N-ethyl adjacent to an activating group) is 1. The maximum atomic E-state index is 12.8. The van der Waals surface area contributed by atoms with Crippen LogP contribution in [0.25, 0.3) is 0 Å². The number of carbonyl (C=O) groups is 1. The van der Waals surface area contributed by atoms with Crippen LogP contribution in [0.2, 0.25) is 0 Å². The minimum atomic E-state index is -1.11. The second-order valence-corrected chi connectivity index (χ2v) is 5.90. The molecule has 0 aliphatic rings. The number of ether oxygens (including phenoxy) is 1. The smallest absolute Gasteiger partial charge is 0.266 e. The van der Waals surface area contributed by atoms with Crippen molar-refractivity contribution < 1.29 is 19.0 Å². The molecule has 1 aromatic rings. The summed E-state index contributed by atoms with van der Waals surface area (Å²) in [6, 6.07) is 5.50. The lowest BCUT2D eigenvalue weighted by Gasteiger charge is -2.39. The highest BCUT2D eigenvalue weighted by atomic mass is 19.1. The van der Waals surface area contributed by atoms with Crippen molar-refractivity contribution in [2.45, 2.75) is 38.8 Å². The van der Waals surface area contributed by atoms with E-state index in [1.807, 2.05) is 0 Å². The first-order chi connectivity index (χ1) is 9.10. The molecule has 1 rings (SSSR count). The number of nitrogens with zero attached hydrogens (tertiary/aromatic N) is 1. The molecule has 0 saturated carbocycles. The van der Waals surface area contributed by atoms with Crippen LogP contribution < -0.4 is 4.74 Å². The Hall–Kier alpha value is -1.62. The number of aliphatic hydroxyl groups excluding tert-OH is 1. The molecule has 0 aliphatic carbocycles. The topological polar surface area (TPSA) is 49.8 Å². The summed E-state index contributed by atoms with van der Waals surface area (Å²) in [5, 5.41) is 9.32. The number of benzene rings is 1. The van der Waals surface area contributed by atoms with Crippen LogP contribution in [0.3, 0.4) is 0 Å². The number of amides is 1. The Bertz CT molecular complexity index is 469. The second-order valence-electron chi connectivity index (χ2n) is 5.90. The van der Waals surface area contributed by atoms with E-state index in [-0.39, 0.29) is 18.3 Å². The first-order valence-electron chi connectivity index (χ1n) is 6.44. The summed E-state index contributed by atoms with van der Waals surface area (Å²) in [6.45, 7) is 6.66. The number of hydrogen-bond donors (Lipinski definition) is 1. The van der Waals surface area contributed by atoms with Crippen LogP contribution in [0.4, 0.5) is 4.39 Å². The Balaban J connectivity index is 2.87. The van der Waals surface area contributed by atoms with Gasteiger partial charge in [0.15, 0.2) is 5.60 Å². The fraction of sp³-hybridized carbons (Fsp3) is 0.533. The van der Waals surface area contributed by atoms with Gasteiger partial charge in [0, 0.05) is 7.05 Å². The number of rotatable bonds is 5. The molecule has 0 radical (unpaired) electrons. The summed E-state index contributed by atoms with van der Waals surface area (Å²) in [5.41, 5.74) is -1.79. The average Bonchev–Trinajstić information content (AvgIpc) is 2.39. The predicted molar refractivity (Wildman–Crippen MR) is 75.0 cm³/mol. The lowest BCUT2D eigenvalue weighted by molar-refractivity contribution is -0.150. The van der Waals surface area contributed by atoms with E-state index < -0.39 is 11.1 Å². The van der Waals surface area contributed by atoms with Crippen molar-refractivity contribution in [1.29, 1.82) is 0 Å². The largest absolute Gasteiger partial charge is 0.478 e. The molecular weight excluding hydrogens is 261 g/mol. The molecule has 1 aromatic carbocycles. The Morgan fingerprint density at radius 2 is 1.75 bits per heavy atom. The molecule has 4 nitrogen and oxygen atoms in total. The van der Waals surface area contributed by atoms with Crippen LogP contribution in [-0.4, -0.2) is 40.7 Å². The normalized spacial score (nSPS) is 12.2. The van der Waals surface area contributed by atoms with Crippen LogP contribution in [0.5, 0.6) is 5.75 Å². The van der Waals surface area contributed by atoms with Crippen LogP contribution in [0, 0.1) is 5.82 Å². The summed E-state index contributed by atoms with van der Waals surface area (Å²) in [4.78, 5) is 13.9. The van der Waals surface area contributed by atoms with E-state index in [1.54, 1.807) is 34.7 Å². The number of hydrogen-bond acceptors (Lipinski definition) is 3. The van der Waals surface area contributed by atoms with Crippen molar-refractivity contribution >= 4 is 5.91 Å². The quantitative estimate of drug-likeness (QED) is 0.901. The molecule has 1 amide bonds. The van der Waals surface area contributed by atoms with Gasteiger partial charge in [-0.15, -0.1) is 0 Å². The van der Waals surface area contributed by atoms with E-state index >= 15 is 0 Å². The first-order valence-corrected chi connectivity index (χ1v) is 6.44. The van der Waals surface area contributed by atoms with Gasteiger partial charge in [0.2, 0.25) is 0 Å². The fourth-order valence-electron chi connectivity index (χ4n) is 1.63. The standard InChI is InChI=1S/C15H22FNO3/c1-14(2,10-18)17(5)13(19)15(3,4)20-12-8-6-11(16)7-9-12/h6-9,18H,10H2,1-5H3. The monoisotopic (exact) mass is 283 g/mol. The van der Waals surface area contributed by atoms with Crippen LogP contribution >= 0.6 is 0 Å². The lowest BCUT2D eigenvalue weighted by atomic mass is 10.0. The number of halogens is 1. The van der Waals surface area contributed by atoms with Crippen LogP contribution in [0.15, 0.2) is 24.3 Å². The molecule has 0 heterocycles. The predicted octanol–water partition coefficient (Wildman–Crippen LogP) is 2.21. The SMILES string of the molecule is CN(C(=O)C(C)(C)Oc1ccc(F)cc1)C(C)(C)CO. The average molecular weight is 283 g/mol. The summed E-state index contributed by atoms with van der Waals surface area (Å²) >= 11 is 0. The number of carbonyl (C=O) groups excluding carboxylic acids is 1. The Kier molecular flexibility index (Phi) is 4.76. The molecule has 20 heavy (non-hydrogen) atoms. The van der Waals surface area contributed by atoms with Gasteiger partial charge in [0.25, 0.3) is 5.91 Å². The minimum Gasteiger partial charge on any atom is -0.478 e. The Morgan fingerprint density at radius 3 is 2.20 bits per heavy atom. The van der Waals surface area contributed by atoms with E-state index in [0.29, 0.717) is 5.75 Å². The second kappa shape index (κ2) is 5.79. The molecule has 0 fully saturated rings. The van der Waals surface area contributed by atoms with Gasteiger partial charge in [-0.25, -0.2) is 4.39 Å². The molecule has 0 bridgehead atoms. The van der Waals surface area contributed by atoms with Crippen molar-refractivity contribution in [3.8, 4) is 5.75 Å². The summed E-state index contributed by atoms with van der Waals surface area (Å²) in [5.74, 6) is -0.208. The molecule has 0 saturated heterocycles. The lowest BCUT2D eigenvalue weighted by Crippen LogP contribution is -2.56. The molecule has 0 unspecified atom stereocenters. The van der Waals surface area contributed by atoms with Crippen molar-refractivity contribution in [2.75, 3.05) is 13.7 Å². The van der Waals surface area contributed by atoms with Crippen molar-refractivity contribution in [2.24, 2.45) is 0 Å². The molecule has 0 aromatic heterocycles. The van der Waals surface area contributed by atoms with Gasteiger partial charge in [-0.3, -0.25) is 4.79 Å². The van der Waals surface area contributed by atoms with Crippen molar-refractivity contribution in [1.82, 2.24) is 4.90 Å². The molecule has 5 heteroatoms. The van der Waals surface area contributed by atoms with Crippen molar-refractivity contribution in [3.05, 3.63) is 30.1 Å². The minimum absolute atomic E-state index is 0.151. The van der Waals surface area contributed by atoms with Gasteiger partial charge in [0.05, 0.1) is 12.1 Å². The van der Waals surface area contributed by atoms with E-state index in [1.165, 1.54) is 29.2 Å². The third kappa shape index (κ3) is 3.70. The zero-order chi connectivity index (χ0) is 15.6. The summed E-state index contributed by atoms with van der Waals surface area (Å²) in [6.07, 6.45) is 0. The van der Waals surface area contributed by atoms with E-state index in [0.717, 1.165) is 0 Å². The van der Waals surface area contributed by atoms with E-state index in [9.17, 15) is 14.3 Å². The molecule has 0 aliphatic heterocycles. The van der Waals surface area contributed by atoms with Gasteiger partial charge in [0.1, 0.15) is 11.6 Å². The summed E-state index contributed by atoms with van der Waals surface area (Å²) in [7, 11) is 1.62. The maximum absolute atomic E-state index is 12.8. The highest BCUT2D eigenvalue weighted by Crippen LogP contribution is 2.23. The third-order valence-electron chi connectivity index (χ3n) is 3.30. The van der Waals surface area contributed by atoms with Crippen LogP contribution in [0.1, 0.15) is 27.7 Å². The zero-order valence-corrected chi connectivity index (χ0v) is 12.6. The van der Waals surface area contributed by atoms with Gasteiger partial charge in [-0.1, -0.05) is 0 Å². The molecule has 1 N–H and O–H groups in total. The molecule has 112 valence electrons. The van der Waals surface area contributed by atoms with Crippen LogP contribution in [-0.2, 0) is 4.79 Å². The fourth-order valence-corrected chi connectivity index (χ4v) is 1.63. The molecule has 0 spiro atoms. The molecular formula is C15H22FNO3. The number of aliphatic hydroxyl groups is 1. The van der Waals surface area contributed by atoms with E-state index in [4.69, 9.17) is 4.74 Å². The third-order valence-corrected chi connectivity index (χ3v) is 3.30. The van der Waals surface area contributed by atoms with E-state index in [2.05, 4.69) is 0 Å². The zero-order valence-electron chi connectivity index (χ0n) is 12.6. The first kappa shape index (κ1) is 16.4. The Morgan fingerprint density at radius 1 is 1.25 bits per heavy atom.